The minimum Gasteiger partial charge on any atom is -0.365 e. The van der Waals surface area contributed by atoms with Crippen LogP contribution in [-0.2, 0) is 10.8 Å². The molecular formula is C11H21NOS. The van der Waals surface area contributed by atoms with E-state index in [0.717, 1.165) is 12.4 Å². The predicted molar refractivity (Wildman–Crippen MR) is 62.2 cm³/mol. The number of nitrogens with zero attached hydrogens (tertiary/aromatic N) is 1. The number of unbranched alkanes of at least 4 members (excludes halogenated alkanes) is 5. The second-order valence-corrected chi connectivity index (χ2v) is 5.17. The predicted octanol–water partition coefficient (Wildman–Crippen LogP) is 2.84. The summed E-state index contributed by atoms with van der Waals surface area (Å²) in [7, 11) is -0.718. The molecule has 1 aliphatic heterocycles. The Labute approximate surface area is 89.8 Å². The van der Waals surface area contributed by atoms with E-state index in [1.165, 1.54) is 38.5 Å². The van der Waals surface area contributed by atoms with Gasteiger partial charge >= 0.3 is 0 Å². The van der Waals surface area contributed by atoms with Crippen molar-refractivity contribution < 1.29 is 4.21 Å². The lowest BCUT2D eigenvalue weighted by Crippen LogP contribution is -2.17. The summed E-state index contributed by atoms with van der Waals surface area (Å²) in [5.41, 5.74) is 0. The van der Waals surface area contributed by atoms with E-state index < -0.39 is 10.8 Å². The fourth-order valence-electron chi connectivity index (χ4n) is 1.64. The molecule has 0 amide bonds. The van der Waals surface area contributed by atoms with Crippen molar-refractivity contribution in [3.05, 3.63) is 11.6 Å². The maximum atomic E-state index is 11.0. The largest absolute Gasteiger partial charge is 0.365 e. The molecular weight excluding hydrogens is 194 g/mol. The van der Waals surface area contributed by atoms with Crippen molar-refractivity contribution in [2.24, 2.45) is 0 Å². The van der Waals surface area contributed by atoms with Gasteiger partial charge in [0.05, 0.1) is 16.7 Å². The van der Waals surface area contributed by atoms with Gasteiger partial charge in [0.15, 0.2) is 0 Å². The fraction of sp³-hybridized carbons (Fsp3) is 0.818. The molecule has 0 radical (unpaired) electrons. The molecule has 3 heteroatoms. The van der Waals surface area contributed by atoms with Crippen LogP contribution in [0.25, 0.3) is 0 Å². The minimum absolute atomic E-state index is 0.717. The van der Waals surface area contributed by atoms with Gasteiger partial charge in [-0.3, -0.25) is 4.21 Å². The Balaban J connectivity index is 1.89. The van der Waals surface area contributed by atoms with Crippen LogP contribution in [0.5, 0.6) is 0 Å². The molecule has 1 rings (SSSR count). The van der Waals surface area contributed by atoms with E-state index >= 15 is 0 Å². The van der Waals surface area contributed by atoms with Crippen molar-refractivity contribution in [3.63, 3.8) is 0 Å². The van der Waals surface area contributed by atoms with Crippen molar-refractivity contribution in [1.82, 2.24) is 4.90 Å². The van der Waals surface area contributed by atoms with Gasteiger partial charge in [0.1, 0.15) is 0 Å². The molecule has 0 saturated carbocycles. The standard InChI is InChI=1S/C11H21NOS/c1-2-3-4-5-6-7-8-12-9-10-14(13)11-12/h9-10H,2-8,11H2,1H3. The van der Waals surface area contributed by atoms with Crippen molar-refractivity contribution in [1.29, 1.82) is 0 Å². The Morgan fingerprint density at radius 1 is 1.21 bits per heavy atom. The highest BCUT2D eigenvalue weighted by atomic mass is 32.2. The van der Waals surface area contributed by atoms with E-state index in [-0.39, 0.29) is 0 Å². The highest BCUT2D eigenvalue weighted by Gasteiger charge is 2.08. The van der Waals surface area contributed by atoms with Crippen molar-refractivity contribution in [3.8, 4) is 0 Å². The van der Waals surface area contributed by atoms with E-state index in [1.807, 2.05) is 6.20 Å². The normalized spacial score (nSPS) is 20.6. The summed E-state index contributed by atoms with van der Waals surface area (Å²) in [6.45, 7) is 3.32. The third-order valence-electron chi connectivity index (χ3n) is 2.52. The van der Waals surface area contributed by atoms with Gasteiger partial charge in [0.25, 0.3) is 0 Å². The Morgan fingerprint density at radius 3 is 2.57 bits per heavy atom. The van der Waals surface area contributed by atoms with Crippen molar-refractivity contribution >= 4 is 10.8 Å². The molecule has 0 fully saturated rings. The van der Waals surface area contributed by atoms with E-state index in [9.17, 15) is 4.21 Å². The second-order valence-electron chi connectivity index (χ2n) is 3.88. The van der Waals surface area contributed by atoms with Crippen LogP contribution in [0.1, 0.15) is 45.4 Å². The van der Waals surface area contributed by atoms with Gasteiger partial charge in [-0.1, -0.05) is 39.0 Å². The first-order valence-electron chi connectivity index (χ1n) is 5.62. The van der Waals surface area contributed by atoms with Crippen molar-refractivity contribution in [2.75, 3.05) is 12.4 Å². The smallest absolute Gasteiger partial charge is 0.0973 e. The molecule has 0 bridgehead atoms. The molecule has 1 atom stereocenters. The van der Waals surface area contributed by atoms with Gasteiger partial charge in [-0.25, -0.2) is 0 Å². The lowest BCUT2D eigenvalue weighted by molar-refractivity contribution is 0.418. The number of hydrogen-bond acceptors (Lipinski definition) is 2. The Morgan fingerprint density at radius 2 is 1.93 bits per heavy atom. The molecule has 0 spiro atoms. The van der Waals surface area contributed by atoms with Crippen LogP contribution in [0, 0.1) is 0 Å². The summed E-state index contributed by atoms with van der Waals surface area (Å²) < 4.78 is 11.0. The quantitative estimate of drug-likeness (QED) is 0.609. The maximum absolute atomic E-state index is 11.0. The van der Waals surface area contributed by atoms with E-state index in [4.69, 9.17) is 0 Å². The topological polar surface area (TPSA) is 20.3 Å². The second kappa shape index (κ2) is 7.04. The van der Waals surface area contributed by atoms with Crippen LogP contribution < -0.4 is 0 Å². The summed E-state index contributed by atoms with van der Waals surface area (Å²) >= 11 is 0. The Kier molecular flexibility index (Phi) is 5.92. The average Bonchev–Trinajstić information content (AvgIpc) is 2.58. The van der Waals surface area contributed by atoms with E-state index in [2.05, 4.69) is 11.8 Å². The number of hydrogen-bond donors (Lipinski definition) is 0. The first-order chi connectivity index (χ1) is 6.83. The fourth-order valence-corrected chi connectivity index (χ4v) is 2.57. The zero-order valence-corrected chi connectivity index (χ0v) is 9.89. The van der Waals surface area contributed by atoms with Crippen LogP contribution in [0.2, 0.25) is 0 Å². The molecule has 82 valence electrons. The lowest BCUT2D eigenvalue weighted by Gasteiger charge is -2.13. The summed E-state index contributed by atoms with van der Waals surface area (Å²) in [5.74, 6) is 0.717. The zero-order chi connectivity index (χ0) is 10.2. The lowest BCUT2D eigenvalue weighted by atomic mass is 10.1. The molecule has 1 heterocycles. The highest BCUT2D eigenvalue weighted by Crippen LogP contribution is 2.09. The number of rotatable bonds is 7. The van der Waals surface area contributed by atoms with E-state index in [1.54, 1.807) is 5.41 Å². The molecule has 1 unspecified atom stereocenters. The van der Waals surface area contributed by atoms with Crippen LogP contribution in [0.4, 0.5) is 0 Å². The van der Waals surface area contributed by atoms with E-state index in [0.29, 0.717) is 0 Å². The van der Waals surface area contributed by atoms with Gasteiger partial charge < -0.3 is 4.90 Å². The summed E-state index contributed by atoms with van der Waals surface area (Å²) in [6.07, 6.45) is 9.94. The molecule has 14 heavy (non-hydrogen) atoms. The molecule has 0 N–H and O–H groups in total. The highest BCUT2D eigenvalue weighted by molar-refractivity contribution is 7.88. The maximum Gasteiger partial charge on any atom is 0.0973 e. The van der Waals surface area contributed by atoms with Gasteiger partial charge in [-0.05, 0) is 6.42 Å². The third-order valence-corrected chi connectivity index (χ3v) is 3.53. The van der Waals surface area contributed by atoms with Crippen LogP contribution in [0.3, 0.4) is 0 Å². The van der Waals surface area contributed by atoms with Crippen molar-refractivity contribution in [2.45, 2.75) is 45.4 Å². The van der Waals surface area contributed by atoms with Crippen LogP contribution in [0.15, 0.2) is 11.6 Å². The third kappa shape index (κ3) is 4.80. The van der Waals surface area contributed by atoms with Gasteiger partial charge in [-0.15, -0.1) is 0 Å². The van der Waals surface area contributed by atoms with Gasteiger partial charge in [-0.2, -0.15) is 0 Å². The molecule has 0 aliphatic carbocycles. The molecule has 0 aromatic rings. The first-order valence-corrected chi connectivity index (χ1v) is 7.00. The monoisotopic (exact) mass is 215 g/mol. The molecule has 1 aliphatic rings. The van der Waals surface area contributed by atoms with Crippen LogP contribution >= 0.6 is 0 Å². The summed E-state index contributed by atoms with van der Waals surface area (Å²) in [6, 6.07) is 0. The first kappa shape index (κ1) is 11.8. The molecule has 0 saturated heterocycles. The summed E-state index contributed by atoms with van der Waals surface area (Å²) in [4.78, 5) is 2.16. The summed E-state index contributed by atoms with van der Waals surface area (Å²) in [5, 5.41) is 1.79. The Bertz CT molecular complexity index is 203. The van der Waals surface area contributed by atoms with Crippen LogP contribution in [-0.4, -0.2) is 21.5 Å². The average molecular weight is 215 g/mol. The SMILES string of the molecule is CCCCCCCCN1C=CS(=O)C1. The van der Waals surface area contributed by atoms with Gasteiger partial charge in [0, 0.05) is 18.2 Å². The Hall–Kier alpha value is -0.310. The minimum atomic E-state index is -0.718. The molecule has 2 nitrogen and oxygen atoms in total. The zero-order valence-electron chi connectivity index (χ0n) is 9.08. The molecule has 0 aromatic carbocycles. The molecule has 0 aromatic heterocycles. The van der Waals surface area contributed by atoms with Gasteiger partial charge in [0.2, 0.25) is 0 Å².